The summed E-state index contributed by atoms with van der Waals surface area (Å²) in [6.45, 7) is 1.93. The smallest absolute Gasteiger partial charge is 0.255 e. The summed E-state index contributed by atoms with van der Waals surface area (Å²) in [7, 11) is 3.05. The van der Waals surface area contributed by atoms with Gasteiger partial charge < -0.3 is 25.1 Å². The fourth-order valence-corrected chi connectivity index (χ4v) is 4.81. The molecule has 178 valence electrons. The molecule has 2 aliphatic rings. The zero-order valence-electron chi connectivity index (χ0n) is 19.5. The van der Waals surface area contributed by atoms with Crippen molar-refractivity contribution < 1.29 is 18.7 Å². The maximum Gasteiger partial charge on any atom is 0.255 e. The van der Waals surface area contributed by atoms with Gasteiger partial charge in [0.1, 0.15) is 0 Å². The molecule has 1 aromatic carbocycles. The van der Waals surface area contributed by atoms with E-state index in [0.717, 1.165) is 23.4 Å². The summed E-state index contributed by atoms with van der Waals surface area (Å²) in [6.07, 6.45) is 2.40. The van der Waals surface area contributed by atoms with Crippen LogP contribution in [0.4, 0.5) is 15.8 Å². The number of amides is 1. The van der Waals surface area contributed by atoms with E-state index < -0.39 is 5.82 Å². The van der Waals surface area contributed by atoms with Crippen LogP contribution >= 0.6 is 0 Å². The van der Waals surface area contributed by atoms with Crippen LogP contribution in [0, 0.1) is 5.82 Å². The summed E-state index contributed by atoms with van der Waals surface area (Å²) in [5, 5.41) is 6.35. The predicted octanol–water partition coefficient (Wildman–Crippen LogP) is 4.82. The largest absolute Gasteiger partial charge is 0.492 e. The number of aromatic nitrogens is 3. The third kappa shape index (κ3) is 3.42. The summed E-state index contributed by atoms with van der Waals surface area (Å²) < 4.78 is 25.2. The normalized spacial score (nSPS) is 19.0. The number of para-hydroxylation sites is 1. The van der Waals surface area contributed by atoms with E-state index in [9.17, 15) is 9.18 Å². The first-order chi connectivity index (χ1) is 17.0. The molecule has 0 unspecified atom stereocenters. The number of H-pyrrole nitrogens is 1. The Hall–Kier alpha value is -3.98. The molecule has 0 spiro atoms. The van der Waals surface area contributed by atoms with Gasteiger partial charge in [0.15, 0.2) is 11.6 Å². The van der Waals surface area contributed by atoms with Crippen molar-refractivity contribution in [1.82, 2.24) is 20.3 Å². The average Bonchev–Trinajstić information content (AvgIpc) is 3.55. The van der Waals surface area contributed by atoms with Gasteiger partial charge in [0.05, 0.1) is 52.6 Å². The summed E-state index contributed by atoms with van der Waals surface area (Å²) in [6, 6.07) is 10.4. The van der Waals surface area contributed by atoms with Crippen molar-refractivity contribution in [2.45, 2.75) is 31.4 Å². The van der Waals surface area contributed by atoms with E-state index in [1.807, 2.05) is 25.1 Å². The number of carbonyl (C=O) groups is 1. The van der Waals surface area contributed by atoms with Gasteiger partial charge in [0.25, 0.3) is 5.91 Å². The number of anilines is 2. The van der Waals surface area contributed by atoms with Crippen LogP contribution in [0.25, 0.3) is 22.3 Å². The van der Waals surface area contributed by atoms with E-state index in [-0.39, 0.29) is 29.7 Å². The van der Waals surface area contributed by atoms with Crippen molar-refractivity contribution in [1.29, 1.82) is 0 Å². The first-order valence-electron chi connectivity index (χ1n) is 11.4. The molecule has 1 saturated carbocycles. The number of pyridine rings is 2. The second-order valence-corrected chi connectivity index (χ2v) is 8.87. The second kappa shape index (κ2) is 8.06. The lowest BCUT2D eigenvalue weighted by Crippen LogP contribution is -2.31. The van der Waals surface area contributed by atoms with Crippen molar-refractivity contribution in [3.63, 3.8) is 0 Å². The van der Waals surface area contributed by atoms with Crippen LogP contribution in [0.3, 0.4) is 0 Å². The number of hydrogen-bond acceptors (Lipinski definition) is 6. The number of fused-ring (bicyclic) bond motifs is 4. The lowest BCUT2D eigenvalue weighted by Gasteiger charge is -2.17. The molecule has 6 rings (SSSR count). The van der Waals surface area contributed by atoms with Crippen LogP contribution in [-0.2, 0) is 4.74 Å². The molecule has 3 N–H and O–H groups in total. The van der Waals surface area contributed by atoms with Gasteiger partial charge in [-0.25, -0.2) is 9.37 Å². The molecule has 4 heterocycles. The number of nitrogens with zero attached hydrogens (tertiary/aromatic N) is 2. The van der Waals surface area contributed by atoms with Gasteiger partial charge in [-0.3, -0.25) is 9.78 Å². The minimum Gasteiger partial charge on any atom is -0.492 e. The Balaban J connectivity index is 1.59. The van der Waals surface area contributed by atoms with E-state index in [4.69, 9.17) is 14.5 Å². The van der Waals surface area contributed by atoms with Gasteiger partial charge >= 0.3 is 0 Å². The number of carbonyl (C=O) groups excluding carboxylic acids is 1. The van der Waals surface area contributed by atoms with Crippen LogP contribution in [-0.4, -0.2) is 41.1 Å². The van der Waals surface area contributed by atoms with Gasteiger partial charge in [-0.05, 0) is 43.7 Å². The van der Waals surface area contributed by atoms with Gasteiger partial charge in [0.2, 0.25) is 0 Å². The third-order valence-corrected chi connectivity index (χ3v) is 6.81. The first kappa shape index (κ1) is 21.5. The Labute approximate surface area is 200 Å². The molecule has 3 atom stereocenters. The van der Waals surface area contributed by atoms with Crippen molar-refractivity contribution in [2.24, 2.45) is 0 Å². The van der Waals surface area contributed by atoms with Gasteiger partial charge in [-0.1, -0.05) is 6.07 Å². The SMILES string of the molecule is COc1c(F)cccc1Nc1c(-c2ccnc3ccc([C@@H](C)OC)nc23)[nH]c2c1C(=O)N[C@H]1C[C@@H]21. The minimum atomic E-state index is -0.496. The molecule has 8 nitrogen and oxygen atoms in total. The fourth-order valence-electron chi connectivity index (χ4n) is 4.81. The lowest BCUT2D eigenvalue weighted by atomic mass is 10.0. The molecule has 3 aromatic heterocycles. The number of halogens is 1. The highest BCUT2D eigenvalue weighted by atomic mass is 19.1. The van der Waals surface area contributed by atoms with Gasteiger partial charge in [-0.2, -0.15) is 0 Å². The van der Waals surface area contributed by atoms with Crippen LogP contribution in [0.1, 0.15) is 47.1 Å². The molecule has 1 aliphatic heterocycles. The Morgan fingerprint density at radius 3 is 2.86 bits per heavy atom. The Bertz CT molecular complexity index is 1480. The van der Waals surface area contributed by atoms with Crippen molar-refractivity contribution in [3.8, 4) is 17.0 Å². The molecule has 0 bridgehead atoms. The summed E-state index contributed by atoms with van der Waals surface area (Å²) >= 11 is 0. The molecule has 35 heavy (non-hydrogen) atoms. The maximum atomic E-state index is 14.5. The van der Waals surface area contributed by atoms with Gasteiger partial charge in [0, 0.05) is 36.5 Å². The van der Waals surface area contributed by atoms with Crippen LogP contribution < -0.4 is 15.4 Å². The third-order valence-electron chi connectivity index (χ3n) is 6.81. The summed E-state index contributed by atoms with van der Waals surface area (Å²) in [4.78, 5) is 26.0. The highest BCUT2D eigenvalue weighted by Gasteiger charge is 2.48. The quantitative estimate of drug-likeness (QED) is 0.371. The van der Waals surface area contributed by atoms with Crippen molar-refractivity contribution in [2.75, 3.05) is 19.5 Å². The van der Waals surface area contributed by atoms with Crippen LogP contribution in [0.5, 0.6) is 5.75 Å². The molecule has 9 heteroatoms. The Morgan fingerprint density at radius 2 is 2.06 bits per heavy atom. The number of aromatic amines is 1. The van der Waals surface area contributed by atoms with E-state index >= 15 is 0 Å². The van der Waals surface area contributed by atoms with Crippen molar-refractivity contribution in [3.05, 3.63) is 65.4 Å². The number of methoxy groups -OCH3 is 2. The average molecular weight is 474 g/mol. The monoisotopic (exact) mass is 473 g/mol. The molecular weight excluding hydrogens is 449 g/mol. The standard InChI is InChI=1S/C26H24FN5O3/c1-12(34-2)16-7-8-17-21(29-16)13(9-10-28-17)23-24(30-18-6-4-5-15(27)25(18)35-3)20-22(32-23)14-11-19(14)31-26(20)33/h4-10,12,14,19,30,32H,11H2,1-3H3,(H,31,33)/t12-,14-,19+/m1/s1. The number of ether oxygens (including phenoxy) is 2. The summed E-state index contributed by atoms with van der Waals surface area (Å²) in [5.74, 6) is -0.372. The first-order valence-corrected chi connectivity index (χ1v) is 11.4. The molecule has 0 saturated heterocycles. The van der Waals surface area contributed by atoms with E-state index in [1.54, 1.807) is 25.4 Å². The topological polar surface area (TPSA) is 101 Å². The molecular formula is C26H24FN5O3. The molecule has 1 aliphatic carbocycles. The van der Waals surface area contributed by atoms with E-state index in [2.05, 4.69) is 20.6 Å². The highest BCUT2D eigenvalue weighted by Crippen LogP contribution is 2.50. The number of benzene rings is 1. The summed E-state index contributed by atoms with van der Waals surface area (Å²) in [5.41, 5.74) is 5.98. The molecule has 1 amide bonds. The highest BCUT2D eigenvalue weighted by molar-refractivity contribution is 6.09. The van der Waals surface area contributed by atoms with Crippen LogP contribution in [0.15, 0.2) is 42.6 Å². The molecule has 0 radical (unpaired) electrons. The number of rotatable bonds is 6. The van der Waals surface area contributed by atoms with Crippen LogP contribution in [0.2, 0.25) is 0 Å². The Kier molecular flexibility index (Phi) is 4.96. The lowest BCUT2D eigenvalue weighted by molar-refractivity contribution is 0.0944. The zero-order chi connectivity index (χ0) is 24.3. The number of hydrogen-bond donors (Lipinski definition) is 3. The van der Waals surface area contributed by atoms with E-state index in [0.29, 0.717) is 33.7 Å². The maximum absolute atomic E-state index is 14.5. The predicted molar refractivity (Wildman–Crippen MR) is 130 cm³/mol. The Morgan fingerprint density at radius 1 is 1.20 bits per heavy atom. The molecule has 1 fully saturated rings. The van der Waals surface area contributed by atoms with E-state index in [1.165, 1.54) is 13.2 Å². The van der Waals surface area contributed by atoms with Gasteiger partial charge in [-0.15, -0.1) is 0 Å². The number of nitrogens with one attached hydrogen (secondary N) is 3. The second-order valence-electron chi connectivity index (χ2n) is 8.87. The van der Waals surface area contributed by atoms with Crippen molar-refractivity contribution >= 4 is 28.3 Å². The minimum absolute atomic E-state index is 0.0721. The molecule has 4 aromatic rings. The fraction of sp³-hybridized carbons (Fsp3) is 0.269. The zero-order valence-corrected chi connectivity index (χ0v) is 19.5.